The van der Waals surface area contributed by atoms with Gasteiger partial charge in [0.2, 0.25) is 0 Å². The topological polar surface area (TPSA) is 353 Å². The van der Waals surface area contributed by atoms with Gasteiger partial charge in [-0.15, -0.1) is 0 Å². The molecule has 4 aliphatic rings. The summed E-state index contributed by atoms with van der Waals surface area (Å²) in [4.78, 5) is 0. The standard InChI is InChI=1S/C25H50N6O13/c26-2-10-18(35)20(37)14(30)13(40-10)6-39-5-7-12(4-32)42-25(16(7)33)44-23-17(34)8(28)1-9(29)22(23)43-24-15(31)21(38)19(36)11(3-27)41-24/h7-25,32-38H,1-6,26-31H2. The van der Waals surface area contributed by atoms with Crippen molar-refractivity contribution in [2.45, 2.75) is 116 Å². The molecule has 0 amide bonds. The Morgan fingerprint density at radius 3 is 1.75 bits per heavy atom. The van der Waals surface area contributed by atoms with Gasteiger partial charge in [-0.25, -0.2) is 0 Å². The summed E-state index contributed by atoms with van der Waals surface area (Å²) in [5, 5.41) is 72.9. The highest BCUT2D eigenvalue weighted by Crippen LogP contribution is 2.34. The molecule has 44 heavy (non-hydrogen) atoms. The van der Waals surface area contributed by atoms with Crippen molar-refractivity contribution < 1.29 is 64.2 Å². The predicted octanol–water partition coefficient (Wildman–Crippen LogP) is -8.61. The molecule has 19 heteroatoms. The lowest BCUT2D eigenvalue weighted by molar-refractivity contribution is -0.306. The molecular weight excluding hydrogens is 592 g/mol. The summed E-state index contributed by atoms with van der Waals surface area (Å²) >= 11 is 0. The van der Waals surface area contributed by atoms with Gasteiger partial charge in [-0.2, -0.15) is 0 Å². The van der Waals surface area contributed by atoms with E-state index in [1.807, 2.05) is 0 Å². The van der Waals surface area contributed by atoms with Crippen LogP contribution in [0.25, 0.3) is 0 Å². The zero-order valence-electron chi connectivity index (χ0n) is 24.3. The fraction of sp³-hybridized carbons (Fsp3) is 1.00. The third-order valence-electron chi connectivity index (χ3n) is 9.04. The van der Waals surface area contributed by atoms with Crippen LogP contribution in [0.5, 0.6) is 0 Å². The van der Waals surface area contributed by atoms with Crippen molar-refractivity contribution in [3.8, 4) is 0 Å². The highest BCUT2D eigenvalue weighted by atomic mass is 16.7. The van der Waals surface area contributed by atoms with Gasteiger partial charge in [0.1, 0.15) is 48.8 Å². The molecule has 0 aromatic heterocycles. The molecule has 19 unspecified atom stereocenters. The quantitative estimate of drug-likeness (QED) is 0.0994. The highest BCUT2D eigenvalue weighted by Gasteiger charge is 2.52. The van der Waals surface area contributed by atoms with E-state index in [9.17, 15) is 35.7 Å². The molecule has 0 radical (unpaired) electrons. The second-order valence-electron chi connectivity index (χ2n) is 12.0. The molecule has 0 spiro atoms. The lowest BCUT2D eigenvalue weighted by atomic mass is 9.84. The van der Waals surface area contributed by atoms with Crippen LogP contribution in [0.3, 0.4) is 0 Å². The van der Waals surface area contributed by atoms with Crippen molar-refractivity contribution in [1.82, 2.24) is 0 Å². The molecule has 19 atom stereocenters. The van der Waals surface area contributed by atoms with Crippen LogP contribution in [0.15, 0.2) is 0 Å². The average Bonchev–Trinajstić information content (AvgIpc) is 3.30. The van der Waals surface area contributed by atoms with Gasteiger partial charge >= 0.3 is 0 Å². The smallest absolute Gasteiger partial charge is 0.184 e. The van der Waals surface area contributed by atoms with E-state index >= 15 is 0 Å². The van der Waals surface area contributed by atoms with E-state index in [2.05, 4.69) is 0 Å². The van der Waals surface area contributed by atoms with Gasteiger partial charge in [-0.1, -0.05) is 0 Å². The molecule has 1 aliphatic carbocycles. The van der Waals surface area contributed by atoms with Crippen LogP contribution in [-0.4, -0.2) is 179 Å². The maximum absolute atomic E-state index is 11.1. The monoisotopic (exact) mass is 642 g/mol. The average molecular weight is 643 g/mol. The van der Waals surface area contributed by atoms with Crippen molar-refractivity contribution in [3.63, 3.8) is 0 Å². The van der Waals surface area contributed by atoms with Gasteiger partial charge in [-0.3, -0.25) is 0 Å². The first-order valence-electron chi connectivity index (χ1n) is 14.8. The Hall–Kier alpha value is -0.760. The molecule has 3 saturated heterocycles. The first kappa shape index (κ1) is 36.1. The fourth-order valence-corrected chi connectivity index (χ4v) is 6.19. The molecule has 4 fully saturated rings. The Balaban J connectivity index is 1.41. The summed E-state index contributed by atoms with van der Waals surface area (Å²) in [7, 11) is 0. The molecule has 0 bridgehead atoms. The molecule has 1 saturated carbocycles. The Morgan fingerprint density at radius 1 is 0.568 bits per heavy atom. The summed E-state index contributed by atoms with van der Waals surface area (Å²) < 4.78 is 34.9. The number of rotatable bonds is 11. The SMILES string of the molecule is NCC1OC(COCC2C(CO)OC(OC3C(O)C(N)CC(N)C3OC3OC(CN)C(O)C(O)C3N)C2O)C(N)C(O)C1O. The van der Waals surface area contributed by atoms with Crippen LogP contribution >= 0.6 is 0 Å². The molecule has 19 nitrogen and oxygen atoms in total. The van der Waals surface area contributed by atoms with Crippen molar-refractivity contribution in [2.75, 3.05) is 32.9 Å². The number of hydrogen-bond acceptors (Lipinski definition) is 19. The zero-order chi connectivity index (χ0) is 32.5. The number of nitrogens with two attached hydrogens (primary N) is 6. The molecule has 4 rings (SSSR count). The van der Waals surface area contributed by atoms with Crippen molar-refractivity contribution in [2.24, 2.45) is 40.3 Å². The van der Waals surface area contributed by atoms with Crippen LogP contribution in [0, 0.1) is 5.92 Å². The number of aliphatic hydroxyl groups is 7. The maximum Gasteiger partial charge on any atom is 0.184 e. The van der Waals surface area contributed by atoms with E-state index < -0.39 is 123 Å². The predicted molar refractivity (Wildman–Crippen MR) is 148 cm³/mol. The molecular formula is C25H50N6O13. The first-order chi connectivity index (χ1) is 20.8. The minimum Gasteiger partial charge on any atom is -0.394 e. The number of aliphatic hydroxyl groups excluding tert-OH is 7. The van der Waals surface area contributed by atoms with Gasteiger partial charge < -0.3 is 98.6 Å². The third kappa shape index (κ3) is 7.36. The Labute approximate surface area is 254 Å². The second-order valence-corrected chi connectivity index (χ2v) is 12.0. The normalized spacial score (nSPS) is 51.9. The number of ether oxygens (including phenoxy) is 6. The van der Waals surface area contributed by atoms with Crippen LogP contribution in [0.4, 0.5) is 0 Å². The molecule has 0 aromatic rings. The largest absolute Gasteiger partial charge is 0.394 e. The van der Waals surface area contributed by atoms with E-state index in [0.29, 0.717) is 0 Å². The van der Waals surface area contributed by atoms with Crippen molar-refractivity contribution in [1.29, 1.82) is 0 Å². The molecule has 258 valence electrons. The van der Waals surface area contributed by atoms with Gasteiger partial charge in [-0.05, 0) is 6.42 Å². The van der Waals surface area contributed by atoms with Crippen LogP contribution in [0.1, 0.15) is 6.42 Å². The van der Waals surface area contributed by atoms with Gasteiger partial charge in [0, 0.05) is 31.1 Å². The van der Waals surface area contributed by atoms with E-state index in [4.69, 9.17) is 62.8 Å². The minimum atomic E-state index is -1.43. The molecule has 19 N–H and O–H groups in total. The number of hydrogen-bond donors (Lipinski definition) is 13. The van der Waals surface area contributed by atoms with E-state index in [1.54, 1.807) is 0 Å². The van der Waals surface area contributed by atoms with Crippen molar-refractivity contribution in [3.05, 3.63) is 0 Å². The second kappa shape index (κ2) is 15.4. The summed E-state index contributed by atoms with van der Waals surface area (Å²) in [5.74, 6) is -0.815. The summed E-state index contributed by atoms with van der Waals surface area (Å²) in [6.45, 7) is -0.980. The van der Waals surface area contributed by atoms with Gasteiger partial charge in [0.25, 0.3) is 0 Å². The van der Waals surface area contributed by atoms with E-state index in [-0.39, 0.29) is 32.7 Å². The minimum absolute atomic E-state index is 0.0534. The Kier molecular flexibility index (Phi) is 12.7. The van der Waals surface area contributed by atoms with Gasteiger partial charge in [0.05, 0.1) is 56.3 Å². The summed E-state index contributed by atoms with van der Waals surface area (Å²) in [6, 6.07) is -3.82. The van der Waals surface area contributed by atoms with E-state index in [0.717, 1.165) is 0 Å². The summed E-state index contributed by atoms with van der Waals surface area (Å²) in [5.41, 5.74) is 35.7. The Morgan fingerprint density at radius 2 is 1.14 bits per heavy atom. The summed E-state index contributed by atoms with van der Waals surface area (Å²) in [6.07, 6.45) is -16.6. The van der Waals surface area contributed by atoms with E-state index in [1.165, 1.54) is 0 Å². The van der Waals surface area contributed by atoms with Crippen molar-refractivity contribution >= 4 is 0 Å². The first-order valence-corrected chi connectivity index (χ1v) is 14.8. The lowest BCUT2D eigenvalue weighted by Gasteiger charge is -2.47. The third-order valence-corrected chi connectivity index (χ3v) is 9.04. The fourth-order valence-electron chi connectivity index (χ4n) is 6.19. The molecule has 0 aromatic carbocycles. The highest BCUT2D eigenvalue weighted by molar-refractivity contribution is 5.02. The zero-order valence-corrected chi connectivity index (χ0v) is 24.3. The molecule has 3 aliphatic heterocycles. The maximum atomic E-state index is 11.1. The Bertz CT molecular complexity index is 899. The van der Waals surface area contributed by atoms with Gasteiger partial charge in [0.15, 0.2) is 12.6 Å². The lowest BCUT2D eigenvalue weighted by Crippen LogP contribution is -2.68. The van der Waals surface area contributed by atoms with Crippen LogP contribution in [-0.2, 0) is 28.4 Å². The van der Waals surface area contributed by atoms with Crippen LogP contribution in [0.2, 0.25) is 0 Å². The van der Waals surface area contributed by atoms with Crippen LogP contribution < -0.4 is 34.4 Å². The molecule has 3 heterocycles.